The minimum absolute atomic E-state index is 0.0679. The number of aliphatic hydroxyl groups excluding tert-OH is 1. The first-order valence-electron chi connectivity index (χ1n) is 6.32. The maximum absolute atomic E-state index is 11.8. The Labute approximate surface area is 120 Å². The predicted octanol–water partition coefficient (Wildman–Crippen LogP) is 0.660. The standard InChI is InChI=1S/C12H17BrN4O2/c13-10-8-14-12(15-9-10)17-5-3-16(4-6-17)11(19)2-1-7-18/h8-9,18H,1-7H2. The highest BCUT2D eigenvalue weighted by Gasteiger charge is 2.21. The van der Waals surface area contributed by atoms with Crippen molar-refractivity contribution in [3.63, 3.8) is 0 Å². The Balaban J connectivity index is 1.85. The highest BCUT2D eigenvalue weighted by Crippen LogP contribution is 2.13. The molecule has 0 radical (unpaired) electrons. The first-order valence-corrected chi connectivity index (χ1v) is 7.11. The Hall–Kier alpha value is -1.21. The molecule has 1 aliphatic heterocycles. The molecule has 1 N–H and O–H groups in total. The molecule has 6 nitrogen and oxygen atoms in total. The van der Waals surface area contributed by atoms with E-state index in [1.807, 2.05) is 4.90 Å². The van der Waals surface area contributed by atoms with Crippen LogP contribution >= 0.6 is 15.9 Å². The quantitative estimate of drug-likeness (QED) is 0.879. The van der Waals surface area contributed by atoms with Gasteiger partial charge in [-0.25, -0.2) is 9.97 Å². The zero-order valence-corrected chi connectivity index (χ0v) is 12.2. The summed E-state index contributed by atoms with van der Waals surface area (Å²) in [5.74, 6) is 0.816. The molecule has 1 saturated heterocycles. The van der Waals surface area contributed by atoms with Gasteiger partial charge in [0.25, 0.3) is 0 Å². The Kier molecular flexibility index (Phi) is 5.09. The summed E-state index contributed by atoms with van der Waals surface area (Å²) in [6.07, 6.45) is 4.41. The Morgan fingerprint density at radius 2 is 1.89 bits per heavy atom. The zero-order valence-electron chi connectivity index (χ0n) is 10.6. The van der Waals surface area contributed by atoms with Crippen LogP contribution in [0.5, 0.6) is 0 Å². The summed E-state index contributed by atoms with van der Waals surface area (Å²) in [7, 11) is 0. The number of piperazine rings is 1. The lowest BCUT2D eigenvalue weighted by molar-refractivity contribution is -0.131. The van der Waals surface area contributed by atoms with Crippen LogP contribution in [0.4, 0.5) is 5.95 Å². The van der Waals surface area contributed by atoms with Crippen LogP contribution in [-0.2, 0) is 4.79 Å². The van der Waals surface area contributed by atoms with Gasteiger partial charge >= 0.3 is 0 Å². The van der Waals surface area contributed by atoms with Crippen molar-refractivity contribution in [1.82, 2.24) is 14.9 Å². The number of aromatic nitrogens is 2. The highest BCUT2D eigenvalue weighted by molar-refractivity contribution is 9.10. The van der Waals surface area contributed by atoms with E-state index in [2.05, 4.69) is 30.8 Å². The highest BCUT2D eigenvalue weighted by atomic mass is 79.9. The molecule has 1 aliphatic rings. The first-order chi connectivity index (χ1) is 9.20. The third-order valence-electron chi connectivity index (χ3n) is 3.07. The van der Waals surface area contributed by atoms with Crippen LogP contribution in [0.2, 0.25) is 0 Å². The maximum atomic E-state index is 11.8. The van der Waals surface area contributed by atoms with E-state index in [4.69, 9.17) is 5.11 Å². The van der Waals surface area contributed by atoms with E-state index >= 15 is 0 Å². The predicted molar refractivity (Wildman–Crippen MR) is 74.8 cm³/mol. The van der Waals surface area contributed by atoms with Crippen molar-refractivity contribution >= 4 is 27.8 Å². The van der Waals surface area contributed by atoms with Crippen molar-refractivity contribution in [3.8, 4) is 0 Å². The van der Waals surface area contributed by atoms with Crippen molar-refractivity contribution < 1.29 is 9.90 Å². The number of halogens is 1. The van der Waals surface area contributed by atoms with Crippen molar-refractivity contribution in [2.45, 2.75) is 12.8 Å². The van der Waals surface area contributed by atoms with Gasteiger partial charge in [0, 0.05) is 51.6 Å². The molecule has 0 bridgehead atoms. The van der Waals surface area contributed by atoms with Crippen LogP contribution in [0.15, 0.2) is 16.9 Å². The Morgan fingerprint density at radius 1 is 1.26 bits per heavy atom. The van der Waals surface area contributed by atoms with Gasteiger partial charge in [0.2, 0.25) is 11.9 Å². The van der Waals surface area contributed by atoms with Crippen molar-refractivity contribution in [3.05, 3.63) is 16.9 Å². The number of carbonyl (C=O) groups is 1. The van der Waals surface area contributed by atoms with Crippen LogP contribution < -0.4 is 4.90 Å². The van der Waals surface area contributed by atoms with Crippen LogP contribution in [0.25, 0.3) is 0 Å². The molecule has 7 heteroatoms. The number of anilines is 1. The Morgan fingerprint density at radius 3 is 2.47 bits per heavy atom. The molecular weight excluding hydrogens is 312 g/mol. The summed E-state index contributed by atoms with van der Waals surface area (Å²) in [5.41, 5.74) is 0. The van der Waals surface area contributed by atoms with E-state index in [1.165, 1.54) is 0 Å². The molecule has 0 atom stereocenters. The van der Waals surface area contributed by atoms with E-state index in [0.717, 1.165) is 17.6 Å². The van der Waals surface area contributed by atoms with Gasteiger partial charge in [-0.2, -0.15) is 0 Å². The van der Waals surface area contributed by atoms with Crippen LogP contribution in [0.1, 0.15) is 12.8 Å². The van der Waals surface area contributed by atoms with Crippen LogP contribution in [-0.4, -0.2) is 58.7 Å². The number of hydrogen-bond donors (Lipinski definition) is 1. The zero-order chi connectivity index (χ0) is 13.7. The molecule has 2 rings (SSSR count). The Bertz CT molecular complexity index is 418. The molecule has 0 saturated carbocycles. The van der Waals surface area contributed by atoms with E-state index in [0.29, 0.717) is 31.9 Å². The topological polar surface area (TPSA) is 69.6 Å². The maximum Gasteiger partial charge on any atom is 0.225 e. The lowest BCUT2D eigenvalue weighted by atomic mass is 10.2. The van der Waals surface area contributed by atoms with Crippen molar-refractivity contribution in [2.24, 2.45) is 0 Å². The minimum atomic E-state index is 0.0679. The average Bonchev–Trinajstić information content (AvgIpc) is 2.46. The normalized spacial score (nSPS) is 15.7. The van der Waals surface area contributed by atoms with Gasteiger partial charge in [-0.15, -0.1) is 0 Å². The van der Waals surface area contributed by atoms with E-state index in [1.54, 1.807) is 12.4 Å². The summed E-state index contributed by atoms with van der Waals surface area (Å²) in [5, 5.41) is 8.73. The van der Waals surface area contributed by atoms with Gasteiger partial charge in [0.1, 0.15) is 0 Å². The monoisotopic (exact) mass is 328 g/mol. The molecule has 0 unspecified atom stereocenters. The molecule has 1 aromatic rings. The number of hydrogen-bond acceptors (Lipinski definition) is 5. The van der Waals surface area contributed by atoms with Crippen LogP contribution in [0, 0.1) is 0 Å². The molecule has 1 amide bonds. The second-order valence-electron chi connectivity index (χ2n) is 4.40. The average molecular weight is 329 g/mol. The number of aliphatic hydroxyl groups is 1. The number of rotatable bonds is 4. The molecule has 1 aromatic heterocycles. The van der Waals surface area contributed by atoms with Gasteiger partial charge in [0.05, 0.1) is 4.47 Å². The van der Waals surface area contributed by atoms with Gasteiger partial charge in [-0.3, -0.25) is 4.79 Å². The van der Waals surface area contributed by atoms with Gasteiger partial charge in [-0.05, 0) is 22.4 Å². The van der Waals surface area contributed by atoms with E-state index in [9.17, 15) is 4.79 Å². The molecule has 0 aliphatic carbocycles. The molecular formula is C12H17BrN4O2. The summed E-state index contributed by atoms with van der Waals surface area (Å²) >= 11 is 3.31. The second-order valence-corrected chi connectivity index (χ2v) is 5.31. The number of nitrogens with zero attached hydrogens (tertiary/aromatic N) is 4. The first kappa shape index (κ1) is 14.2. The third kappa shape index (κ3) is 3.87. The molecule has 0 aromatic carbocycles. The second kappa shape index (κ2) is 6.81. The van der Waals surface area contributed by atoms with Crippen molar-refractivity contribution in [2.75, 3.05) is 37.7 Å². The lowest BCUT2D eigenvalue weighted by Gasteiger charge is -2.34. The lowest BCUT2D eigenvalue weighted by Crippen LogP contribution is -2.49. The van der Waals surface area contributed by atoms with Gasteiger partial charge in [-0.1, -0.05) is 0 Å². The summed E-state index contributed by atoms with van der Waals surface area (Å²) in [6.45, 7) is 2.92. The van der Waals surface area contributed by atoms with Gasteiger partial charge < -0.3 is 14.9 Å². The fourth-order valence-electron chi connectivity index (χ4n) is 2.01. The van der Waals surface area contributed by atoms with E-state index < -0.39 is 0 Å². The molecule has 1 fully saturated rings. The summed E-state index contributed by atoms with van der Waals surface area (Å²) in [4.78, 5) is 24.2. The fourth-order valence-corrected chi connectivity index (χ4v) is 2.22. The van der Waals surface area contributed by atoms with Gasteiger partial charge in [0.15, 0.2) is 0 Å². The minimum Gasteiger partial charge on any atom is -0.396 e. The largest absolute Gasteiger partial charge is 0.396 e. The summed E-state index contributed by atoms with van der Waals surface area (Å²) < 4.78 is 0.856. The summed E-state index contributed by atoms with van der Waals surface area (Å²) in [6, 6.07) is 0. The third-order valence-corrected chi connectivity index (χ3v) is 3.48. The van der Waals surface area contributed by atoms with Crippen LogP contribution in [0.3, 0.4) is 0 Å². The number of amides is 1. The SMILES string of the molecule is O=C(CCCO)N1CCN(c2ncc(Br)cn2)CC1. The molecule has 0 spiro atoms. The smallest absolute Gasteiger partial charge is 0.225 e. The van der Waals surface area contributed by atoms with E-state index in [-0.39, 0.29) is 12.5 Å². The number of carbonyl (C=O) groups excluding carboxylic acids is 1. The van der Waals surface area contributed by atoms with Crippen molar-refractivity contribution in [1.29, 1.82) is 0 Å². The molecule has 19 heavy (non-hydrogen) atoms. The molecule has 2 heterocycles. The fraction of sp³-hybridized carbons (Fsp3) is 0.583. The molecule has 104 valence electrons.